The summed E-state index contributed by atoms with van der Waals surface area (Å²) in [5, 5.41) is 3.62. The highest BCUT2D eigenvalue weighted by atomic mass is 32.2. The van der Waals surface area contributed by atoms with Gasteiger partial charge in [-0.15, -0.1) is 0 Å². The molecule has 8 heteroatoms. The molecule has 1 N–H and O–H groups in total. The molecule has 2 aromatic rings. The number of rotatable bonds is 4. The number of fused-ring (bicyclic) bond motifs is 2. The molecule has 0 aliphatic carbocycles. The molecule has 2 aliphatic heterocycles. The van der Waals surface area contributed by atoms with Crippen LogP contribution in [0.15, 0.2) is 34.2 Å². The zero-order chi connectivity index (χ0) is 19.9. The van der Waals surface area contributed by atoms with Gasteiger partial charge in [0.2, 0.25) is 12.7 Å². The Morgan fingerprint density at radius 3 is 2.86 bits per heavy atom. The van der Waals surface area contributed by atoms with Gasteiger partial charge in [0.05, 0.1) is 11.7 Å². The van der Waals surface area contributed by atoms with Crippen LogP contribution < -0.4 is 20.3 Å². The summed E-state index contributed by atoms with van der Waals surface area (Å²) in [5.41, 5.74) is 1.44. The molecule has 1 unspecified atom stereocenters. The van der Waals surface area contributed by atoms with Gasteiger partial charge in [-0.05, 0) is 17.7 Å². The normalized spacial score (nSPS) is 17.5. The summed E-state index contributed by atoms with van der Waals surface area (Å²) >= 11 is 1.53. The largest absolute Gasteiger partial charge is 0.454 e. The van der Waals surface area contributed by atoms with Gasteiger partial charge in [0, 0.05) is 30.2 Å². The van der Waals surface area contributed by atoms with Gasteiger partial charge in [0.15, 0.2) is 16.7 Å². The number of ether oxygens (including phenoxy) is 2. The molecular weight excluding hydrogens is 378 g/mol. The van der Waals surface area contributed by atoms with Gasteiger partial charge in [-0.3, -0.25) is 14.2 Å². The van der Waals surface area contributed by atoms with Gasteiger partial charge in [0.1, 0.15) is 0 Å². The topological polar surface area (TPSA) is 82.5 Å². The molecule has 1 aromatic heterocycles. The van der Waals surface area contributed by atoms with E-state index in [4.69, 9.17) is 9.47 Å². The first-order valence-electron chi connectivity index (χ1n) is 9.23. The number of benzene rings is 1. The van der Waals surface area contributed by atoms with Crippen LogP contribution in [0, 0.1) is 0 Å². The fourth-order valence-corrected chi connectivity index (χ4v) is 4.37. The minimum atomic E-state index is -0.185. The zero-order valence-corrected chi connectivity index (χ0v) is 17.0. The lowest BCUT2D eigenvalue weighted by atomic mass is 9.92. The second-order valence-corrected chi connectivity index (χ2v) is 9.00. The number of nitrogens with one attached hydrogen (secondary N) is 1. The summed E-state index contributed by atoms with van der Waals surface area (Å²) < 4.78 is 12.3. The number of amides is 1. The van der Waals surface area contributed by atoms with Crippen LogP contribution >= 0.6 is 11.8 Å². The molecule has 148 valence electrons. The molecule has 3 heterocycles. The van der Waals surface area contributed by atoms with E-state index in [2.05, 4.69) is 10.3 Å². The van der Waals surface area contributed by atoms with Crippen molar-refractivity contribution in [2.24, 2.45) is 0 Å². The molecule has 28 heavy (non-hydrogen) atoms. The van der Waals surface area contributed by atoms with Crippen molar-refractivity contribution in [3.63, 3.8) is 0 Å². The second-order valence-electron chi connectivity index (χ2n) is 8.02. The highest BCUT2D eigenvalue weighted by Crippen LogP contribution is 2.34. The molecule has 7 nitrogen and oxygen atoms in total. The Morgan fingerprint density at radius 1 is 1.29 bits per heavy atom. The van der Waals surface area contributed by atoms with Gasteiger partial charge >= 0.3 is 0 Å². The number of aromatic nitrogens is 2. The molecule has 0 fully saturated rings. The molecule has 0 spiro atoms. The van der Waals surface area contributed by atoms with Crippen LogP contribution in [-0.2, 0) is 16.8 Å². The van der Waals surface area contributed by atoms with E-state index in [0.29, 0.717) is 23.2 Å². The van der Waals surface area contributed by atoms with Crippen molar-refractivity contribution < 1.29 is 14.3 Å². The number of nitrogens with zero attached hydrogens (tertiary/aromatic N) is 2. The van der Waals surface area contributed by atoms with E-state index < -0.39 is 0 Å². The van der Waals surface area contributed by atoms with E-state index in [1.165, 1.54) is 11.8 Å². The number of carbonyl (C=O) groups is 1. The van der Waals surface area contributed by atoms with Crippen LogP contribution in [0.4, 0.5) is 0 Å². The monoisotopic (exact) mass is 401 g/mol. The molecule has 0 saturated carbocycles. The third-order valence-corrected chi connectivity index (χ3v) is 5.90. The molecule has 1 atom stereocenters. The number of hydrogen-bond donors (Lipinski definition) is 1. The van der Waals surface area contributed by atoms with Crippen molar-refractivity contribution in [2.75, 3.05) is 12.5 Å². The Hall–Kier alpha value is -2.48. The van der Waals surface area contributed by atoms with E-state index in [0.717, 1.165) is 17.0 Å². The minimum Gasteiger partial charge on any atom is -0.454 e. The molecule has 1 aromatic carbocycles. The number of hydrogen-bond acceptors (Lipinski definition) is 6. The molecule has 1 amide bonds. The van der Waals surface area contributed by atoms with Gasteiger partial charge < -0.3 is 14.8 Å². The van der Waals surface area contributed by atoms with Crippen LogP contribution in [0.3, 0.4) is 0 Å². The minimum absolute atomic E-state index is 0.0894. The molecule has 2 aliphatic rings. The van der Waals surface area contributed by atoms with E-state index in [1.807, 2.05) is 39.0 Å². The van der Waals surface area contributed by atoms with Gasteiger partial charge in [-0.2, -0.15) is 0 Å². The van der Waals surface area contributed by atoms with Crippen LogP contribution in [0.5, 0.6) is 11.5 Å². The van der Waals surface area contributed by atoms with Crippen molar-refractivity contribution in [3.8, 4) is 11.5 Å². The third kappa shape index (κ3) is 3.73. The Labute approximate surface area is 167 Å². The molecule has 0 bridgehead atoms. The quantitative estimate of drug-likeness (QED) is 0.793. The summed E-state index contributed by atoms with van der Waals surface area (Å²) in [6.45, 7) is 6.73. The van der Waals surface area contributed by atoms with Crippen molar-refractivity contribution in [1.82, 2.24) is 14.9 Å². The van der Waals surface area contributed by atoms with E-state index in [-0.39, 0.29) is 36.1 Å². The SMILES string of the molecule is CC(C)(C)c1cc(=O)n2c(n1)SCC2CC(=O)NCc1ccc2c(c1)OCO2. The van der Waals surface area contributed by atoms with Crippen molar-refractivity contribution in [3.05, 3.63) is 45.9 Å². The number of thioether (sulfide) groups is 1. The summed E-state index contributed by atoms with van der Waals surface area (Å²) in [6.07, 6.45) is 0.251. The average Bonchev–Trinajstić information content (AvgIpc) is 3.26. The Bertz CT molecular complexity index is 980. The highest BCUT2D eigenvalue weighted by Gasteiger charge is 2.29. The maximum absolute atomic E-state index is 12.6. The lowest BCUT2D eigenvalue weighted by Gasteiger charge is -2.19. The smallest absolute Gasteiger partial charge is 0.254 e. The third-order valence-electron chi connectivity index (χ3n) is 4.81. The Balaban J connectivity index is 1.41. The van der Waals surface area contributed by atoms with Gasteiger partial charge in [0.25, 0.3) is 5.56 Å². The predicted octanol–water partition coefficient (Wildman–Crippen LogP) is 2.62. The highest BCUT2D eigenvalue weighted by molar-refractivity contribution is 7.99. The first kappa shape index (κ1) is 18.9. The maximum atomic E-state index is 12.6. The van der Waals surface area contributed by atoms with Crippen molar-refractivity contribution in [1.29, 1.82) is 0 Å². The Kier molecular flexibility index (Phi) is 4.82. The molecule has 0 saturated heterocycles. The lowest BCUT2D eigenvalue weighted by Crippen LogP contribution is -2.31. The molecular formula is C20H23N3O4S. The van der Waals surface area contributed by atoms with E-state index >= 15 is 0 Å². The second kappa shape index (κ2) is 7.16. The van der Waals surface area contributed by atoms with Crippen LogP contribution in [0.25, 0.3) is 0 Å². The lowest BCUT2D eigenvalue weighted by molar-refractivity contribution is -0.121. The van der Waals surface area contributed by atoms with Crippen LogP contribution in [0.2, 0.25) is 0 Å². The van der Waals surface area contributed by atoms with Crippen molar-refractivity contribution in [2.45, 2.75) is 50.4 Å². The standard InChI is InChI=1S/C20H23N3O4S/c1-20(2,3)16-8-18(25)23-13(10-28-19(23)22-16)7-17(24)21-9-12-4-5-14-15(6-12)27-11-26-14/h4-6,8,13H,7,9-11H2,1-3H3,(H,21,24). The van der Waals surface area contributed by atoms with E-state index in [9.17, 15) is 9.59 Å². The fourth-order valence-electron chi connectivity index (χ4n) is 3.23. The maximum Gasteiger partial charge on any atom is 0.254 e. The summed E-state index contributed by atoms with van der Waals surface area (Å²) in [7, 11) is 0. The summed E-state index contributed by atoms with van der Waals surface area (Å²) in [4.78, 5) is 29.7. The molecule has 4 rings (SSSR count). The molecule has 0 radical (unpaired) electrons. The average molecular weight is 401 g/mol. The zero-order valence-electron chi connectivity index (χ0n) is 16.2. The summed E-state index contributed by atoms with van der Waals surface area (Å²) in [5.74, 6) is 1.99. The van der Waals surface area contributed by atoms with Crippen LogP contribution in [0.1, 0.15) is 44.5 Å². The Morgan fingerprint density at radius 2 is 2.07 bits per heavy atom. The summed E-state index contributed by atoms with van der Waals surface area (Å²) in [6, 6.07) is 7.02. The van der Waals surface area contributed by atoms with Crippen molar-refractivity contribution >= 4 is 17.7 Å². The number of carbonyl (C=O) groups excluding carboxylic acids is 1. The predicted molar refractivity (Wildman–Crippen MR) is 106 cm³/mol. The van der Waals surface area contributed by atoms with Crippen LogP contribution in [-0.4, -0.2) is 28.0 Å². The van der Waals surface area contributed by atoms with Gasteiger partial charge in [-0.25, -0.2) is 4.98 Å². The van der Waals surface area contributed by atoms with E-state index in [1.54, 1.807) is 10.6 Å². The fraction of sp³-hybridized carbons (Fsp3) is 0.450. The van der Waals surface area contributed by atoms with Gasteiger partial charge in [-0.1, -0.05) is 38.6 Å². The first-order valence-corrected chi connectivity index (χ1v) is 10.2. The first-order chi connectivity index (χ1) is 13.3.